The Balaban J connectivity index is 1.99. The molecular formula is C9H17N3O2. The monoisotopic (exact) mass is 199 g/mol. The van der Waals surface area contributed by atoms with Crippen LogP contribution in [-0.4, -0.2) is 29.8 Å². The summed E-state index contributed by atoms with van der Waals surface area (Å²) in [6.45, 7) is 6.88. The fraction of sp³-hybridized carbons (Fsp3) is 0.778. The summed E-state index contributed by atoms with van der Waals surface area (Å²) in [6, 6.07) is 0. The zero-order chi connectivity index (χ0) is 10.2. The van der Waals surface area contributed by atoms with Gasteiger partial charge >= 0.3 is 0 Å². The summed E-state index contributed by atoms with van der Waals surface area (Å²) < 4.78 is 10.2. The highest BCUT2D eigenvalue weighted by atomic mass is 16.5. The highest BCUT2D eigenvalue weighted by Gasteiger charge is 2.01. The van der Waals surface area contributed by atoms with Gasteiger partial charge in [-0.25, -0.2) is 0 Å². The van der Waals surface area contributed by atoms with Crippen molar-refractivity contribution >= 4 is 0 Å². The molecule has 0 aliphatic carbocycles. The van der Waals surface area contributed by atoms with Gasteiger partial charge in [0.25, 0.3) is 5.89 Å². The molecule has 14 heavy (non-hydrogen) atoms. The van der Waals surface area contributed by atoms with Crippen LogP contribution in [0.3, 0.4) is 0 Å². The third kappa shape index (κ3) is 4.34. The van der Waals surface area contributed by atoms with Crippen molar-refractivity contribution < 1.29 is 9.26 Å². The minimum absolute atomic E-state index is 0.397. The number of hydrogen-bond acceptors (Lipinski definition) is 5. The lowest BCUT2D eigenvalue weighted by molar-refractivity contribution is 0.0995. The van der Waals surface area contributed by atoms with Gasteiger partial charge in [0.1, 0.15) is 6.61 Å². The SMILES string of the molecule is CCCNCCOCc1nc(C)no1. The molecule has 0 saturated carbocycles. The summed E-state index contributed by atoms with van der Waals surface area (Å²) in [6.07, 6.45) is 1.14. The third-order valence-corrected chi connectivity index (χ3v) is 1.65. The summed E-state index contributed by atoms with van der Waals surface area (Å²) >= 11 is 0. The highest BCUT2D eigenvalue weighted by molar-refractivity contribution is 4.79. The Labute approximate surface area is 83.8 Å². The molecule has 0 saturated heterocycles. The van der Waals surface area contributed by atoms with Crippen molar-refractivity contribution in [2.24, 2.45) is 0 Å². The molecular weight excluding hydrogens is 182 g/mol. The summed E-state index contributed by atoms with van der Waals surface area (Å²) in [7, 11) is 0. The minimum Gasteiger partial charge on any atom is -0.370 e. The molecule has 0 atom stereocenters. The topological polar surface area (TPSA) is 60.2 Å². The van der Waals surface area contributed by atoms with Crippen molar-refractivity contribution in [3.05, 3.63) is 11.7 Å². The second kappa shape index (κ2) is 6.50. The maximum absolute atomic E-state index is 5.32. The van der Waals surface area contributed by atoms with E-state index in [4.69, 9.17) is 9.26 Å². The highest BCUT2D eigenvalue weighted by Crippen LogP contribution is 1.96. The van der Waals surface area contributed by atoms with E-state index in [2.05, 4.69) is 22.4 Å². The van der Waals surface area contributed by atoms with Gasteiger partial charge in [-0.15, -0.1) is 0 Å². The van der Waals surface area contributed by atoms with Crippen molar-refractivity contribution in [1.82, 2.24) is 15.5 Å². The lowest BCUT2D eigenvalue weighted by atomic mass is 10.5. The first kappa shape index (κ1) is 11.1. The van der Waals surface area contributed by atoms with E-state index in [1.165, 1.54) is 0 Å². The average Bonchev–Trinajstić information content (AvgIpc) is 2.58. The van der Waals surface area contributed by atoms with Crippen LogP contribution < -0.4 is 5.32 Å². The largest absolute Gasteiger partial charge is 0.370 e. The molecule has 0 aliphatic rings. The molecule has 0 fully saturated rings. The van der Waals surface area contributed by atoms with Crippen molar-refractivity contribution in [3.63, 3.8) is 0 Å². The molecule has 0 spiro atoms. The molecule has 0 bridgehead atoms. The van der Waals surface area contributed by atoms with E-state index in [9.17, 15) is 0 Å². The van der Waals surface area contributed by atoms with Crippen molar-refractivity contribution in [2.45, 2.75) is 26.9 Å². The van der Waals surface area contributed by atoms with Crippen LogP contribution in [0.5, 0.6) is 0 Å². The molecule has 1 aromatic rings. The lowest BCUT2D eigenvalue weighted by Crippen LogP contribution is -2.20. The van der Waals surface area contributed by atoms with Gasteiger partial charge in [-0.05, 0) is 19.9 Å². The van der Waals surface area contributed by atoms with Crippen molar-refractivity contribution in [3.8, 4) is 0 Å². The standard InChI is InChI=1S/C9H17N3O2/c1-3-4-10-5-6-13-7-9-11-8(2)12-14-9/h10H,3-7H2,1-2H3. The number of nitrogens with one attached hydrogen (secondary N) is 1. The zero-order valence-corrected chi connectivity index (χ0v) is 8.75. The van der Waals surface area contributed by atoms with Crippen LogP contribution in [0.25, 0.3) is 0 Å². The number of hydrogen-bond donors (Lipinski definition) is 1. The van der Waals surface area contributed by atoms with E-state index in [1.54, 1.807) is 6.92 Å². The van der Waals surface area contributed by atoms with E-state index in [1.807, 2.05) is 0 Å². The maximum Gasteiger partial charge on any atom is 0.252 e. The molecule has 80 valence electrons. The van der Waals surface area contributed by atoms with Gasteiger partial charge in [-0.3, -0.25) is 0 Å². The third-order valence-electron chi connectivity index (χ3n) is 1.65. The second-order valence-corrected chi connectivity index (χ2v) is 3.04. The quantitative estimate of drug-likeness (QED) is 0.661. The first-order valence-corrected chi connectivity index (χ1v) is 4.90. The summed E-state index contributed by atoms with van der Waals surface area (Å²) in [5.41, 5.74) is 0. The van der Waals surface area contributed by atoms with E-state index >= 15 is 0 Å². The van der Waals surface area contributed by atoms with Gasteiger partial charge < -0.3 is 14.6 Å². The first-order chi connectivity index (χ1) is 6.83. The van der Waals surface area contributed by atoms with E-state index < -0.39 is 0 Å². The molecule has 5 heteroatoms. The predicted octanol–water partition coefficient (Wildman–Crippen LogP) is 0.894. The number of rotatable bonds is 7. The van der Waals surface area contributed by atoms with E-state index in [0.717, 1.165) is 19.5 Å². The Morgan fingerprint density at radius 2 is 2.29 bits per heavy atom. The average molecular weight is 199 g/mol. The Kier molecular flexibility index (Phi) is 5.17. The lowest BCUT2D eigenvalue weighted by Gasteiger charge is -2.02. The van der Waals surface area contributed by atoms with Crippen LogP contribution in [-0.2, 0) is 11.3 Å². The van der Waals surface area contributed by atoms with Crippen LogP contribution in [0, 0.1) is 6.92 Å². The Bertz CT molecular complexity index is 250. The van der Waals surface area contributed by atoms with Gasteiger partial charge in [0.2, 0.25) is 0 Å². The molecule has 1 rings (SSSR count). The summed E-state index contributed by atoms with van der Waals surface area (Å²) in [4.78, 5) is 4.02. The van der Waals surface area contributed by atoms with Crippen LogP contribution in [0.15, 0.2) is 4.52 Å². The summed E-state index contributed by atoms with van der Waals surface area (Å²) in [5, 5.41) is 6.90. The maximum atomic E-state index is 5.32. The van der Waals surface area contributed by atoms with E-state index in [-0.39, 0.29) is 0 Å². The van der Waals surface area contributed by atoms with E-state index in [0.29, 0.717) is 24.9 Å². The van der Waals surface area contributed by atoms with Crippen molar-refractivity contribution in [2.75, 3.05) is 19.7 Å². The van der Waals surface area contributed by atoms with Gasteiger partial charge in [-0.2, -0.15) is 4.98 Å². The van der Waals surface area contributed by atoms with Gasteiger partial charge in [0.05, 0.1) is 6.61 Å². The molecule has 0 radical (unpaired) electrons. The summed E-state index contributed by atoms with van der Waals surface area (Å²) in [5.74, 6) is 1.19. The molecule has 0 amide bonds. The van der Waals surface area contributed by atoms with Gasteiger partial charge in [-0.1, -0.05) is 12.1 Å². The Morgan fingerprint density at radius 1 is 1.43 bits per heavy atom. The predicted molar refractivity (Wildman–Crippen MR) is 51.9 cm³/mol. The second-order valence-electron chi connectivity index (χ2n) is 3.04. The molecule has 1 aromatic heterocycles. The number of ether oxygens (including phenoxy) is 1. The van der Waals surface area contributed by atoms with Crippen LogP contribution in [0.2, 0.25) is 0 Å². The molecule has 0 unspecified atom stereocenters. The fourth-order valence-corrected chi connectivity index (χ4v) is 1.00. The number of nitrogens with zero attached hydrogens (tertiary/aromatic N) is 2. The Hall–Kier alpha value is -0.940. The Morgan fingerprint density at radius 3 is 2.93 bits per heavy atom. The van der Waals surface area contributed by atoms with Gasteiger partial charge in [0.15, 0.2) is 5.82 Å². The number of aryl methyl sites for hydroxylation is 1. The minimum atomic E-state index is 0.397. The smallest absolute Gasteiger partial charge is 0.252 e. The van der Waals surface area contributed by atoms with Crippen molar-refractivity contribution in [1.29, 1.82) is 0 Å². The molecule has 5 nitrogen and oxygen atoms in total. The normalized spacial score (nSPS) is 10.7. The fourth-order valence-electron chi connectivity index (χ4n) is 1.00. The van der Waals surface area contributed by atoms with Gasteiger partial charge in [0, 0.05) is 6.54 Å². The van der Waals surface area contributed by atoms with Crippen LogP contribution >= 0.6 is 0 Å². The molecule has 1 heterocycles. The number of aromatic nitrogens is 2. The first-order valence-electron chi connectivity index (χ1n) is 4.90. The zero-order valence-electron chi connectivity index (χ0n) is 8.75. The van der Waals surface area contributed by atoms with Crippen LogP contribution in [0.4, 0.5) is 0 Å². The molecule has 1 N–H and O–H groups in total. The molecule has 0 aliphatic heterocycles. The molecule has 0 aromatic carbocycles. The van der Waals surface area contributed by atoms with Crippen LogP contribution in [0.1, 0.15) is 25.1 Å².